The molecule has 2 aliphatic rings. The van der Waals surface area contributed by atoms with E-state index in [4.69, 9.17) is 19.5 Å². The lowest BCUT2D eigenvalue weighted by Gasteiger charge is -2.35. The van der Waals surface area contributed by atoms with Crippen molar-refractivity contribution >= 4 is 52.4 Å². The number of anilines is 2. The van der Waals surface area contributed by atoms with Crippen molar-refractivity contribution in [2.24, 2.45) is 5.41 Å². The number of nitriles is 1. The summed E-state index contributed by atoms with van der Waals surface area (Å²) in [5, 5.41) is 25.3. The van der Waals surface area contributed by atoms with Gasteiger partial charge in [0, 0.05) is 25.2 Å². The van der Waals surface area contributed by atoms with Gasteiger partial charge in [0.05, 0.1) is 64.9 Å². The molecular weight excluding hydrogens is 896 g/mol. The van der Waals surface area contributed by atoms with E-state index in [1.807, 2.05) is 31.2 Å². The van der Waals surface area contributed by atoms with Gasteiger partial charge in [-0.2, -0.15) is 18.4 Å². The van der Waals surface area contributed by atoms with Crippen molar-refractivity contribution in [1.82, 2.24) is 20.5 Å². The number of rotatable bonds is 17. The van der Waals surface area contributed by atoms with Crippen LogP contribution < -0.4 is 25.2 Å². The van der Waals surface area contributed by atoms with Crippen LogP contribution in [0.4, 0.5) is 29.3 Å². The van der Waals surface area contributed by atoms with E-state index in [9.17, 15) is 42.3 Å². The van der Waals surface area contributed by atoms with E-state index < -0.39 is 76.1 Å². The molecule has 0 radical (unpaired) electrons. The van der Waals surface area contributed by atoms with Gasteiger partial charge in [0.1, 0.15) is 36.6 Å². The second kappa shape index (κ2) is 20.6. The van der Waals surface area contributed by atoms with Crippen LogP contribution in [-0.4, -0.2) is 108 Å². The smallest absolute Gasteiger partial charge is 0.417 e. The minimum Gasteiger partial charge on any atom is -0.491 e. The molecule has 0 aliphatic carbocycles. The first-order valence-electron chi connectivity index (χ1n) is 21.3. The molecule has 0 saturated carbocycles. The van der Waals surface area contributed by atoms with Crippen molar-refractivity contribution < 1.29 is 56.5 Å². The highest BCUT2D eigenvalue weighted by Crippen LogP contribution is 2.40. The molecule has 2 saturated heterocycles. The number of thiazole rings is 1. The van der Waals surface area contributed by atoms with E-state index in [1.165, 1.54) is 41.8 Å². The number of carbonyl (C=O) groups is 5. The maximum absolute atomic E-state index is 13.9. The fourth-order valence-electron chi connectivity index (χ4n) is 7.74. The first-order valence-corrected chi connectivity index (χ1v) is 22.2. The number of aliphatic hydroxyl groups excluding tert-OH is 1. The third-order valence-electron chi connectivity index (χ3n) is 11.3. The maximum Gasteiger partial charge on any atom is 0.417 e. The van der Waals surface area contributed by atoms with Gasteiger partial charge in [0.2, 0.25) is 17.7 Å². The molecule has 2 aliphatic heterocycles. The van der Waals surface area contributed by atoms with Gasteiger partial charge in [-0.3, -0.25) is 24.1 Å². The molecule has 0 unspecified atom stereocenters. The average molecular weight is 948 g/mol. The van der Waals surface area contributed by atoms with Crippen LogP contribution in [0.3, 0.4) is 0 Å². The number of hydrogen-bond donors (Lipinski definition) is 3. The highest BCUT2D eigenvalue weighted by atomic mass is 32.1. The number of β-amino-alcohol motifs (C(OH)–C–C–N with tert-alkyl or cyclic N) is 1. The molecule has 0 bridgehead atoms. The summed E-state index contributed by atoms with van der Waals surface area (Å²) < 4.78 is 57.7. The molecule has 6 amide bonds. The Morgan fingerprint density at radius 3 is 2.25 bits per heavy atom. The number of aryl methyl sites for hydroxylation is 1. The maximum atomic E-state index is 13.9. The average Bonchev–Trinajstić information content (AvgIpc) is 3.94. The number of imide groups is 1. The molecule has 356 valence electrons. The highest BCUT2D eigenvalue weighted by molar-refractivity contribution is 7.13. The van der Waals surface area contributed by atoms with E-state index in [2.05, 4.69) is 15.6 Å². The summed E-state index contributed by atoms with van der Waals surface area (Å²) in [5.74, 6) is -1.82. The molecule has 3 atom stereocenters. The Balaban J connectivity index is 0.921. The number of aromatic nitrogens is 1. The summed E-state index contributed by atoms with van der Waals surface area (Å²) in [6.07, 6.45) is -5.75. The van der Waals surface area contributed by atoms with Crippen LogP contribution in [0.5, 0.6) is 5.75 Å². The number of ether oxygens (including phenoxy) is 3. The highest BCUT2D eigenvalue weighted by Gasteiger charge is 2.53. The Morgan fingerprint density at radius 1 is 0.970 bits per heavy atom. The topological polar surface area (TPSA) is 204 Å². The first kappa shape index (κ1) is 50.0. The number of carbonyl (C=O) groups excluding carboxylic acids is 5. The van der Waals surface area contributed by atoms with E-state index in [0.717, 1.165) is 33.8 Å². The zero-order valence-corrected chi connectivity index (χ0v) is 38.6. The van der Waals surface area contributed by atoms with E-state index in [0.29, 0.717) is 16.7 Å². The van der Waals surface area contributed by atoms with Crippen molar-refractivity contribution in [1.29, 1.82) is 5.26 Å². The second-order valence-electron chi connectivity index (χ2n) is 17.6. The summed E-state index contributed by atoms with van der Waals surface area (Å²) >= 11 is 1.55. The molecule has 3 heterocycles. The van der Waals surface area contributed by atoms with Crippen LogP contribution in [0.2, 0.25) is 0 Å². The fraction of sp³-hybridized carbons (Fsp3) is 0.426. The second-order valence-corrected chi connectivity index (χ2v) is 18.5. The number of urea groups is 1. The van der Waals surface area contributed by atoms with Crippen molar-refractivity contribution in [3.8, 4) is 22.3 Å². The number of alkyl halides is 3. The molecule has 4 aromatic rings. The number of amides is 6. The number of aliphatic hydroxyl groups is 1. The van der Waals surface area contributed by atoms with Crippen LogP contribution >= 0.6 is 11.3 Å². The fourth-order valence-corrected chi connectivity index (χ4v) is 8.55. The van der Waals surface area contributed by atoms with Crippen LogP contribution in [0.25, 0.3) is 10.4 Å². The summed E-state index contributed by atoms with van der Waals surface area (Å²) in [6, 6.07) is 15.2. The number of nitrogens with one attached hydrogen (secondary N) is 2. The van der Waals surface area contributed by atoms with Gasteiger partial charge >= 0.3 is 12.2 Å². The quantitative estimate of drug-likeness (QED) is 0.0830. The largest absolute Gasteiger partial charge is 0.491 e. The minimum atomic E-state index is -4.88. The first-order chi connectivity index (χ1) is 31.6. The molecule has 6 rings (SSSR count). The van der Waals surface area contributed by atoms with Crippen LogP contribution in [0.1, 0.15) is 63.4 Å². The van der Waals surface area contributed by atoms with E-state index in [1.54, 1.807) is 49.8 Å². The van der Waals surface area contributed by atoms with Gasteiger partial charge in [-0.25, -0.2) is 14.7 Å². The Kier molecular flexibility index (Phi) is 15.4. The van der Waals surface area contributed by atoms with Gasteiger partial charge in [-0.05, 0) is 79.8 Å². The zero-order chi connectivity index (χ0) is 48.8. The predicted molar refractivity (Wildman–Crippen MR) is 241 cm³/mol. The molecule has 1 aromatic heterocycles. The van der Waals surface area contributed by atoms with Gasteiger partial charge in [-0.15, -0.1) is 11.3 Å². The number of benzene rings is 3. The summed E-state index contributed by atoms with van der Waals surface area (Å²) in [4.78, 5) is 75.8. The summed E-state index contributed by atoms with van der Waals surface area (Å²) in [7, 11) is 0. The van der Waals surface area contributed by atoms with E-state index >= 15 is 0 Å². The summed E-state index contributed by atoms with van der Waals surface area (Å²) in [5.41, 5.74) is 0.458. The lowest BCUT2D eigenvalue weighted by molar-refractivity contribution is -0.144. The Hall–Kier alpha value is -6.40. The standard InChI is InChI=1S/C47H52F3N7O9S/c1-28-39(67-27-53-28)30-9-7-29(8-10-30)24-52-41(60)37-22-34(58)25-55(37)42(61)40(45(2,3)4)54-38(59)26-65-18-17-64-19-20-66-35-15-13-32(14-16-35)57-44(63)56(43(62)46(57,5)6)33-12-11-31(23-51)36(21-33)47(48,49)50/h7-16,21,27,34,37,40,58H,17-20,22,24-26H2,1-6H3,(H,52,60)(H,54,59)/t34-,37+,40-/m1/s1. The Bertz CT molecular complexity index is 2500. The molecule has 0 spiro atoms. The minimum absolute atomic E-state index is 0.0415. The Morgan fingerprint density at radius 2 is 1.63 bits per heavy atom. The number of hydrogen-bond acceptors (Lipinski definition) is 12. The predicted octanol–water partition coefficient (Wildman–Crippen LogP) is 5.98. The molecule has 20 heteroatoms. The molecule has 67 heavy (non-hydrogen) atoms. The zero-order valence-electron chi connectivity index (χ0n) is 37.8. The van der Waals surface area contributed by atoms with E-state index in [-0.39, 0.29) is 63.9 Å². The molecular formula is C47H52F3N7O9S. The van der Waals surface area contributed by atoms with Crippen molar-refractivity contribution in [3.05, 3.63) is 94.6 Å². The third kappa shape index (κ3) is 11.6. The van der Waals surface area contributed by atoms with Gasteiger partial charge in [0.25, 0.3) is 5.91 Å². The van der Waals surface area contributed by atoms with Crippen LogP contribution in [-0.2, 0) is 41.4 Å². The lowest BCUT2D eigenvalue weighted by atomic mass is 9.85. The SMILES string of the molecule is Cc1ncsc1-c1ccc(CNC(=O)[C@@H]2C[C@@H](O)CN2C(=O)[C@@H](NC(=O)COCCOCCOc2ccc(N3C(=O)N(c4ccc(C#N)c(C(F)(F)F)c4)C(=O)C3(C)C)cc2)C(C)(C)C)cc1. The molecule has 2 fully saturated rings. The molecule has 16 nitrogen and oxygen atoms in total. The van der Waals surface area contributed by atoms with Crippen molar-refractivity contribution in [2.45, 2.75) is 84.4 Å². The third-order valence-corrected chi connectivity index (χ3v) is 12.2. The van der Waals surface area contributed by atoms with Crippen LogP contribution in [0.15, 0.2) is 72.2 Å². The lowest BCUT2D eigenvalue weighted by Crippen LogP contribution is -2.58. The number of nitrogens with zero attached hydrogens (tertiary/aromatic N) is 5. The number of likely N-dealkylation sites (tertiary alicyclic amines) is 1. The van der Waals surface area contributed by atoms with Gasteiger partial charge < -0.3 is 34.9 Å². The van der Waals surface area contributed by atoms with Crippen molar-refractivity contribution in [2.75, 3.05) is 49.4 Å². The normalized spacial score (nSPS) is 17.7. The monoisotopic (exact) mass is 947 g/mol. The molecule has 3 N–H and O–H groups in total. The van der Waals surface area contributed by atoms with Crippen molar-refractivity contribution in [3.63, 3.8) is 0 Å². The van der Waals surface area contributed by atoms with Gasteiger partial charge in [0.15, 0.2) is 0 Å². The van der Waals surface area contributed by atoms with Gasteiger partial charge in [-0.1, -0.05) is 45.0 Å². The Labute approximate surface area is 389 Å². The number of halogens is 3. The van der Waals surface area contributed by atoms with Crippen LogP contribution in [0, 0.1) is 23.7 Å². The molecule has 3 aromatic carbocycles. The summed E-state index contributed by atoms with van der Waals surface area (Å²) in [6.45, 7) is 10.4.